The van der Waals surface area contributed by atoms with Crippen molar-refractivity contribution in [2.24, 2.45) is 0 Å². The van der Waals surface area contributed by atoms with Crippen LogP contribution < -0.4 is 4.74 Å². The first kappa shape index (κ1) is 19.9. The molecule has 0 atom stereocenters. The molecule has 0 aromatic heterocycles. The average molecular weight is 415 g/mol. The number of nitrogens with zero attached hydrogens (tertiary/aromatic N) is 1. The predicted molar refractivity (Wildman–Crippen MR) is 111 cm³/mol. The Labute approximate surface area is 171 Å². The number of thiocarbonyl (C=S) groups is 1. The summed E-state index contributed by atoms with van der Waals surface area (Å²) in [6.45, 7) is 0.0252. The Balaban J connectivity index is 1.67. The maximum absolute atomic E-state index is 12.7. The third kappa shape index (κ3) is 5.11. The topological polar surface area (TPSA) is 87.1 Å². The van der Waals surface area contributed by atoms with E-state index >= 15 is 0 Å². The van der Waals surface area contributed by atoms with E-state index in [0.717, 1.165) is 11.1 Å². The van der Waals surface area contributed by atoms with E-state index in [-0.39, 0.29) is 11.7 Å². The number of ether oxygens (including phenoxy) is 1. The molecule has 1 fully saturated rings. The SMILES string of the molecule is O=C(O)COc1cccc(/C=C2/SC(=S)N(CCc3ccc(O)cc3)C2=O)c1. The summed E-state index contributed by atoms with van der Waals surface area (Å²) in [7, 11) is 0. The van der Waals surface area contributed by atoms with E-state index in [1.54, 1.807) is 47.4 Å². The third-order valence-corrected chi connectivity index (χ3v) is 5.33. The number of thioether (sulfide) groups is 1. The zero-order valence-electron chi connectivity index (χ0n) is 14.7. The van der Waals surface area contributed by atoms with Crippen LogP contribution in [0.15, 0.2) is 53.4 Å². The Kier molecular flexibility index (Phi) is 6.33. The Morgan fingerprint density at radius 2 is 1.96 bits per heavy atom. The Hall–Kier alpha value is -2.84. The van der Waals surface area contributed by atoms with Crippen molar-refractivity contribution in [3.05, 3.63) is 64.6 Å². The molecule has 1 heterocycles. The summed E-state index contributed by atoms with van der Waals surface area (Å²) in [5, 5.41) is 18.0. The lowest BCUT2D eigenvalue weighted by atomic mass is 10.1. The number of hydrogen-bond donors (Lipinski definition) is 2. The minimum atomic E-state index is -1.06. The molecule has 1 amide bonds. The highest BCUT2D eigenvalue weighted by Gasteiger charge is 2.31. The monoisotopic (exact) mass is 415 g/mol. The van der Waals surface area contributed by atoms with Gasteiger partial charge in [0, 0.05) is 6.54 Å². The molecule has 28 heavy (non-hydrogen) atoms. The number of carbonyl (C=O) groups is 2. The van der Waals surface area contributed by atoms with Crippen molar-refractivity contribution in [3.8, 4) is 11.5 Å². The summed E-state index contributed by atoms with van der Waals surface area (Å²) in [6.07, 6.45) is 2.34. The van der Waals surface area contributed by atoms with Gasteiger partial charge >= 0.3 is 5.97 Å². The maximum atomic E-state index is 12.7. The fourth-order valence-electron chi connectivity index (χ4n) is 2.59. The number of aliphatic carboxylic acids is 1. The van der Waals surface area contributed by atoms with Gasteiger partial charge in [0.2, 0.25) is 0 Å². The van der Waals surface area contributed by atoms with E-state index in [2.05, 4.69) is 0 Å². The molecule has 0 saturated carbocycles. The Morgan fingerprint density at radius 3 is 2.68 bits per heavy atom. The zero-order valence-corrected chi connectivity index (χ0v) is 16.3. The van der Waals surface area contributed by atoms with Crippen LogP contribution in [0.4, 0.5) is 0 Å². The minimum Gasteiger partial charge on any atom is -0.508 e. The highest BCUT2D eigenvalue weighted by Crippen LogP contribution is 2.33. The highest BCUT2D eigenvalue weighted by atomic mass is 32.2. The van der Waals surface area contributed by atoms with Crippen molar-refractivity contribution in [2.45, 2.75) is 6.42 Å². The molecule has 2 aromatic carbocycles. The van der Waals surface area contributed by atoms with E-state index in [9.17, 15) is 14.7 Å². The number of rotatable bonds is 7. The van der Waals surface area contributed by atoms with E-state index in [4.69, 9.17) is 22.1 Å². The molecular formula is C20H17NO5S2. The van der Waals surface area contributed by atoms with Gasteiger partial charge in [-0.1, -0.05) is 48.2 Å². The summed E-state index contributed by atoms with van der Waals surface area (Å²) in [4.78, 5) is 25.4. The molecule has 8 heteroatoms. The van der Waals surface area contributed by atoms with Gasteiger partial charge in [-0.15, -0.1) is 0 Å². The maximum Gasteiger partial charge on any atom is 0.341 e. The Bertz CT molecular complexity index is 940. The molecule has 1 saturated heterocycles. The van der Waals surface area contributed by atoms with E-state index in [1.807, 2.05) is 12.1 Å². The molecule has 1 aliphatic heterocycles. The number of phenolic OH excluding ortho intramolecular Hbond substituents is 1. The normalized spacial score (nSPS) is 15.3. The first-order valence-corrected chi connectivity index (χ1v) is 9.63. The summed E-state index contributed by atoms with van der Waals surface area (Å²) < 4.78 is 5.66. The second kappa shape index (κ2) is 8.90. The number of aromatic hydroxyl groups is 1. The van der Waals surface area contributed by atoms with Crippen LogP contribution in [0.1, 0.15) is 11.1 Å². The lowest BCUT2D eigenvalue weighted by Crippen LogP contribution is -2.30. The van der Waals surface area contributed by atoms with Gasteiger partial charge in [0.25, 0.3) is 5.91 Å². The van der Waals surface area contributed by atoms with E-state index < -0.39 is 12.6 Å². The van der Waals surface area contributed by atoms with Crippen molar-refractivity contribution >= 4 is 46.3 Å². The van der Waals surface area contributed by atoms with E-state index in [0.29, 0.717) is 27.9 Å². The minimum absolute atomic E-state index is 0.161. The number of carboxylic acids is 1. The van der Waals surface area contributed by atoms with Gasteiger partial charge in [0.1, 0.15) is 15.8 Å². The molecule has 0 spiro atoms. The summed E-state index contributed by atoms with van der Waals surface area (Å²) >= 11 is 6.57. The quantitative estimate of drug-likeness (QED) is 0.530. The molecule has 6 nitrogen and oxygen atoms in total. The first-order valence-electron chi connectivity index (χ1n) is 8.40. The zero-order chi connectivity index (χ0) is 20.1. The fourth-order valence-corrected chi connectivity index (χ4v) is 3.90. The molecule has 2 N–H and O–H groups in total. The molecule has 0 radical (unpaired) electrons. The van der Waals surface area contributed by atoms with Gasteiger partial charge in [-0.25, -0.2) is 4.79 Å². The lowest BCUT2D eigenvalue weighted by molar-refractivity contribution is -0.139. The fraction of sp³-hybridized carbons (Fsp3) is 0.150. The van der Waals surface area contributed by atoms with Gasteiger partial charge in [-0.2, -0.15) is 0 Å². The van der Waals surface area contributed by atoms with Gasteiger partial charge in [0.15, 0.2) is 6.61 Å². The summed E-state index contributed by atoms with van der Waals surface area (Å²) in [6, 6.07) is 13.7. The summed E-state index contributed by atoms with van der Waals surface area (Å²) in [5.74, 6) is -0.601. The predicted octanol–water partition coefficient (Wildman–Crippen LogP) is 3.30. The lowest BCUT2D eigenvalue weighted by Gasteiger charge is -2.14. The molecule has 2 aromatic rings. The number of hydrogen-bond acceptors (Lipinski definition) is 6. The Morgan fingerprint density at radius 1 is 1.21 bits per heavy atom. The second-order valence-electron chi connectivity index (χ2n) is 6.00. The van der Waals surface area contributed by atoms with Crippen molar-refractivity contribution in [2.75, 3.05) is 13.2 Å². The largest absolute Gasteiger partial charge is 0.508 e. The molecule has 3 rings (SSSR count). The van der Waals surface area contributed by atoms with Crippen LogP contribution >= 0.6 is 24.0 Å². The molecular weight excluding hydrogens is 398 g/mol. The van der Waals surface area contributed by atoms with Crippen LogP contribution in [0.5, 0.6) is 11.5 Å². The first-order chi connectivity index (χ1) is 13.4. The van der Waals surface area contributed by atoms with Gasteiger partial charge < -0.3 is 14.9 Å². The number of carbonyl (C=O) groups excluding carboxylic acids is 1. The van der Waals surface area contributed by atoms with Crippen LogP contribution in [0.3, 0.4) is 0 Å². The van der Waals surface area contributed by atoms with Crippen molar-refractivity contribution < 1.29 is 24.5 Å². The van der Waals surface area contributed by atoms with Crippen LogP contribution in [0.25, 0.3) is 6.08 Å². The highest BCUT2D eigenvalue weighted by molar-refractivity contribution is 8.26. The van der Waals surface area contributed by atoms with Crippen molar-refractivity contribution in [3.63, 3.8) is 0 Å². The van der Waals surface area contributed by atoms with Gasteiger partial charge in [0.05, 0.1) is 4.91 Å². The number of phenols is 1. The second-order valence-corrected chi connectivity index (χ2v) is 7.68. The van der Waals surface area contributed by atoms with E-state index in [1.165, 1.54) is 11.8 Å². The standard InChI is InChI=1S/C20H17NO5S2/c22-15-6-4-13(5-7-15)8-9-21-19(25)17(28-20(21)27)11-14-2-1-3-16(10-14)26-12-18(23)24/h1-7,10-11,22H,8-9,12H2,(H,23,24)/b17-11+. The molecule has 0 unspecified atom stereocenters. The van der Waals surface area contributed by atoms with Crippen LogP contribution in [0.2, 0.25) is 0 Å². The van der Waals surface area contributed by atoms with Gasteiger partial charge in [-0.05, 0) is 47.9 Å². The van der Waals surface area contributed by atoms with Crippen molar-refractivity contribution in [1.82, 2.24) is 4.90 Å². The molecule has 0 bridgehead atoms. The third-order valence-electron chi connectivity index (χ3n) is 3.95. The average Bonchev–Trinajstić information content (AvgIpc) is 2.93. The smallest absolute Gasteiger partial charge is 0.341 e. The van der Waals surface area contributed by atoms with Crippen LogP contribution in [-0.2, 0) is 16.0 Å². The summed E-state index contributed by atoms with van der Waals surface area (Å²) in [5.41, 5.74) is 1.72. The molecule has 0 aliphatic carbocycles. The molecule has 144 valence electrons. The number of benzene rings is 2. The number of carboxylic acid groups (broad SMARTS) is 1. The van der Waals surface area contributed by atoms with Crippen LogP contribution in [-0.4, -0.2) is 44.5 Å². The van der Waals surface area contributed by atoms with Gasteiger partial charge in [-0.3, -0.25) is 9.69 Å². The van der Waals surface area contributed by atoms with Crippen LogP contribution in [0, 0.1) is 0 Å². The molecule has 1 aliphatic rings. The number of amides is 1. The van der Waals surface area contributed by atoms with Crippen molar-refractivity contribution in [1.29, 1.82) is 0 Å².